The number of hydrogen-bond donors (Lipinski definition) is 3. The fourth-order valence-electron chi connectivity index (χ4n) is 2.37. The van der Waals surface area contributed by atoms with Crippen LogP contribution in [0.15, 0.2) is 0 Å². The Morgan fingerprint density at radius 3 is 2.33 bits per heavy atom. The van der Waals surface area contributed by atoms with Crippen LogP contribution in [0, 0.1) is 0 Å². The lowest BCUT2D eigenvalue weighted by Crippen LogP contribution is -2.54. The van der Waals surface area contributed by atoms with Crippen LogP contribution in [0.3, 0.4) is 0 Å². The fraction of sp³-hybridized carbons (Fsp3) is 0.846. The monoisotopic (exact) mass is 256 g/mol. The van der Waals surface area contributed by atoms with Gasteiger partial charge in [-0.1, -0.05) is 12.8 Å². The first-order valence-corrected chi connectivity index (χ1v) is 6.55. The van der Waals surface area contributed by atoms with E-state index < -0.39 is 11.5 Å². The first-order chi connectivity index (χ1) is 8.22. The largest absolute Gasteiger partial charge is 0.481 e. The van der Waals surface area contributed by atoms with Crippen LogP contribution in [0.4, 0.5) is 4.79 Å². The normalized spacial score (nSPS) is 18.4. The van der Waals surface area contributed by atoms with E-state index in [2.05, 4.69) is 17.6 Å². The minimum atomic E-state index is -0.840. The maximum Gasteiger partial charge on any atom is 0.315 e. The average Bonchev–Trinajstić information content (AvgIpc) is 2.60. The molecule has 5 nitrogen and oxygen atoms in total. The summed E-state index contributed by atoms with van der Waals surface area (Å²) in [6.07, 6.45) is 4.81. The van der Waals surface area contributed by atoms with Gasteiger partial charge in [-0.3, -0.25) is 4.79 Å². The summed E-state index contributed by atoms with van der Waals surface area (Å²) in [5.41, 5.74) is -0.607. The fourth-order valence-corrected chi connectivity index (χ4v) is 2.37. The molecule has 1 aliphatic carbocycles. The zero-order valence-corrected chi connectivity index (χ0v) is 11.5. The van der Waals surface area contributed by atoms with Crippen molar-refractivity contribution < 1.29 is 14.7 Å². The van der Waals surface area contributed by atoms with Gasteiger partial charge in [0.2, 0.25) is 0 Å². The Morgan fingerprint density at radius 1 is 1.28 bits per heavy atom. The zero-order chi connectivity index (χ0) is 13.8. The summed E-state index contributed by atoms with van der Waals surface area (Å²) in [4.78, 5) is 22.4. The Hall–Kier alpha value is -1.26. The minimum Gasteiger partial charge on any atom is -0.481 e. The second kappa shape index (κ2) is 5.59. The molecule has 0 aliphatic heterocycles. The molecule has 1 saturated carbocycles. The maximum absolute atomic E-state index is 11.9. The van der Waals surface area contributed by atoms with E-state index in [1.54, 1.807) is 0 Å². The van der Waals surface area contributed by atoms with Crippen LogP contribution in [0.2, 0.25) is 0 Å². The van der Waals surface area contributed by atoms with Crippen LogP contribution < -0.4 is 10.6 Å². The highest BCUT2D eigenvalue weighted by atomic mass is 16.4. The summed E-state index contributed by atoms with van der Waals surface area (Å²) in [5.74, 6) is -0.840. The number of carbonyl (C=O) groups excluding carboxylic acids is 1. The van der Waals surface area contributed by atoms with Crippen molar-refractivity contribution in [2.45, 2.75) is 70.4 Å². The van der Waals surface area contributed by atoms with E-state index in [1.165, 1.54) is 0 Å². The molecule has 1 aliphatic rings. The summed E-state index contributed by atoms with van der Waals surface area (Å²) >= 11 is 0. The summed E-state index contributed by atoms with van der Waals surface area (Å²) in [5, 5.41) is 14.5. The number of carboxylic acids is 1. The van der Waals surface area contributed by atoms with Crippen LogP contribution in [0.1, 0.15) is 59.3 Å². The summed E-state index contributed by atoms with van der Waals surface area (Å²) < 4.78 is 0. The predicted octanol–water partition coefficient (Wildman–Crippen LogP) is 2.26. The molecule has 0 atom stereocenters. The Kier molecular flexibility index (Phi) is 4.59. The number of rotatable bonds is 5. The van der Waals surface area contributed by atoms with Crippen LogP contribution >= 0.6 is 0 Å². The van der Waals surface area contributed by atoms with Crippen LogP contribution in [-0.4, -0.2) is 28.2 Å². The first-order valence-electron chi connectivity index (χ1n) is 6.55. The highest BCUT2D eigenvalue weighted by molar-refractivity contribution is 5.75. The number of nitrogens with one attached hydrogen (secondary N) is 2. The van der Waals surface area contributed by atoms with Crippen molar-refractivity contribution in [2.75, 3.05) is 0 Å². The van der Waals surface area contributed by atoms with Crippen LogP contribution in [0.25, 0.3) is 0 Å². The number of hydrogen-bond acceptors (Lipinski definition) is 2. The molecule has 1 fully saturated rings. The average molecular weight is 256 g/mol. The second-order valence-corrected chi connectivity index (χ2v) is 6.12. The molecule has 0 aromatic carbocycles. The standard InChI is InChI=1S/C13H24N2O3/c1-12(2,9-6-10(16)17)14-11(18)15-13(3)7-4-5-8-13/h4-9H2,1-3H3,(H,16,17)(H2,14,15,18). The Bertz CT molecular complexity index is 320. The lowest BCUT2D eigenvalue weighted by atomic mass is 9.98. The molecule has 0 unspecified atom stereocenters. The van der Waals surface area contributed by atoms with Gasteiger partial charge in [0.15, 0.2) is 0 Å². The van der Waals surface area contributed by atoms with Crippen molar-refractivity contribution in [3.8, 4) is 0 Å². The highest BCUT2D eigenvalue weighted by Crippen LogP contribution is 2.28. The minimum absolute atomic E-state index is 0.0601. The summed E-state index contributed by atoms with van der Waals surface area (Å²) in [6, 6.07) is -0.199. The maximum atomic E-state index is 11.9. The van der Waals surface area contributed by atoms with Crippen LogP contribution in [-0.2, 0) is 4.79 Å². The van der Waals surface area contributed by atoms with Gasteiger partial charge in [0, 0.05) is 17.5 Å². The van der Waals surface area contributed by atoms with E-state index in [9.17, 15) is 9.59 Å². The second-order valence-electron chi connectivity index (χ2n) is 6.12. The van der Waals surface area contributed by atoms with E-state index in [0.29, 0.717) is 6.42 Å². The van der Waals surface area contributed by atoms with Gasteiger partial charge in [-0.15, -0.1) is 0 Å². The van der Waals surface area contributed by atoms with Crippen molar-refractivity contribution >= 4 is 12.0 Å². The molecule has 0 radical (unpaired) electrons. The Balaban J connectivity index is 2.40. The van der Waals surface area contributed by atoms with Crippen molar-refractivity contribution in [1.29, 1.82) is 0 Å². The third-order valence-electron chi connectivity index (χ3n) is 3.54. The molecule has 2 amide bonds. The molecule has 0 aromatic rings. The Morgan fingerprint density at radius 2 is 1.83 bits per heavy atom. The van der Waals surface area contributed by atoms with Gasteiger partial charge in [-0.05, 0) is 40.0 Å². The SMILES string of the molecule is CC(C)(CCC(=O)O)NC(=O)NC1(C)CCCC1. The number of carbonyl (C=O) groups is 2. The van der Waals surface area contributed by atoms with Gasteiger partial charge in [0.1, 0.15) is 0 Å². The molecule has 0 spiro atoms. The smallest absolute Gasteiger partial charge is 0.315 e. The number of amides is 2. The lowest BCUT2D eigenvalue weighted by Gasteiger charge is -2.30. The molecular formula is C13H24N2O3. The van der Waals surface area contributed by atoms with E-state index in [-0.39, 0.29) is 18.0 Å². The molecule has 3 N–H and O–H groups in total. The van der Waals surface area contributed by atoms with Crippen LogP contribution in [0.5, 0.6) is 0 Å². The van der Waals surface area contributed by atoms with E-state index in [0.717, 1.165) is 25.7 Å². The highest BCUT2D eigenvalue weighted by Gasteiger charge is 2.31. The van der Waals surface area contributed by atoms with Gasteiger partial charge in [0.25, 0.3) is 0 Å². The van der Waals surface area contributed by atoms with Crippen molar-refractivity contribution in [3.63, 3.8) is 0 Å². The zero-order valence-electron chi connectivity index (χ0n) is 11.5. The van der Waals surface area contributed by atoms with Gasteiger partial charge in [0.05, 0.1) is 0 Å². The molecule has 1 rings (SSSR count). The number of aliphatic carboxylic acids is 1. The van der Waals surface area contributed by atoms with Crippen molar-refractivity contribution in [1.82, 2.24) is 10.6 Å². The molecular weight excluding hydrogens is 232 g/mol. The summed E-state index contributed by atoms with van der Waals surface area (Å²) in [6.45, 7) is 5.74. The van der Waals surface area contributed by atoms with E-state index >= 15 is 0 Å². The third-order valence-corrected chi connectivity index (χ3v) is 3.54. The van der Waals surface area contributed by atoms with Crippen molar-refractivity contribution in [3.05, 3.63) is 0 Å². The van der Waals surface area contributed by atoms with Gasteiger partial charge < -0.3 is 15.7 Å². The molecule has 18 heavy (non-hydrogen) atoms. The first kappa shape index (κ1) is 14.8. The molecule has 0 heterocycles. The molecule has 0 aromatic heterocycles. The van der Waals surface area contributed by atoms with Gasteiger partial charge >= 0.3 is 12.0 Å². The molecule has 0 bridgehead atoms. The predicted molar refractivity (Wildman–Crippen MR) is 69.5 cm³/mol. The number of urea groups is 1. The third kappa shape index (κ3) is 4.94. The molecule has 104 valence electrons. The van der Waals surface area contributed by atoms with Gasteiger partial charge in [-0.2, -0.15) is 0 Å². The quantitative estimate of drug-likeness (QED) is 0.706. The number of carboxylic acid groups (broad SMARTS) is 1. The summed E-state index contributed by atoms with van der Waals surface area (Å²) in [7, 11) is 0. The lowest BCUT2D eigenvalue weighted by molar-refractivity contribution is -0.137. The Labute approximate surface area is 108 Å². The molecule has 5 heteroatoms. The topological polar surface area (TPSA) is 78.4 Å². The van der Waals surface area contributed by atoms with Gasteiger partial charge in [-0.25, -0.2) is 4.79 Å². The molecule has 0 saturated heterocycles. The van der Waals surface area contributed by atoms with E-state index in [1.807, 2.05) is 13.8 Å². The van der Waals surface area contributed by atoms with Crippen molar-refractivity contribution in [2.24, 2.45) is 0 Å². The van der Waals surface area contributed by atoms with E-state index in [4.69, 9.17) is 5.11 Å².